The number of hydrogen-bond acceptors (Lipinski definition) is 4. The third-order valence-electron chi connectivity index (χ3n) is 6.23. The highest BCUT2D eigenvalue weighted by molar-refractivity contribution is 7.92. The van der Waals surface area contributed by atoms with E-state index in [0.29, 0.717) is 28.0 Å². The standard InChI is InChI=1S/C29H22ClF2N3O3S/c1-2-13-39(37,38)35-25-12-11-24(31)26(27(25)32)28(36)23-16-34-29-22(23)14-20(15-33-29)19-5-3-17(4-6-19)18-7-9-21(30)10-8-18/h3-12,14-16,35H,2,13H2,1H3,(H,33,34). The number of nitrogens with one attached hydrogen (secondary N) is 2. The molecule has 0 fully saturated rings. The van der Waals surface area contributed by atoms with Crippen LogP contribution in [-0.4, -0.2) is 29.9 Å². The lowest BCUT2D eigenvalue weighted by molar-refractivity contribution is 0.103. The number of anilines is 1. The Balaban J connectivity index is 1.50. The van der Waals surface area contributed by atoms with Gasteiger partial charge in [-0.15, -0.1) is 0 Å². The summed E-state index contributed by atoms with van der Waals surface area (Å²) in [6, 6.07) is 18.7. The molecule has 39 heavy (non-hydrogen) atoms. The first-order valence-electron chi connectivity index (χ1n) is 12.0. The summed E-state index contributed by atoms with van der Waals surface area (Å²) in [5, 5.41) is 1.02. The van der Waals surface area contributed by atoms with E-state index in [1.807, 2.05) is 48.5 Å². The average Bonchev–Trinajstić information content (AvgIpc) is 3.34. The molecule has 0 aliphatic heterocycles. The van der Waals surface area contributed by atoms with E-state index >= 15 is 4.39 Å². The number of hydrogen-bond donors (Lipinski definition) is 2. The van der Waals surface area contributed by atoms with Crippen LogP contribution < -0.4 is 4.72 Å². The van der Waals surface area contributed by atoms with Gasteiger partial charge in [-0.1, -0.05) is 54.9 Å². The van der Waals surface area contributed by atoms with Gasteiger partial charge in [0.15, 0.2) is 5.82 Å². The van der Waals surface area contributed by atoms with Crippen LogP contribution in [0.4, 0.5) is 14.5 Å². The number of carbonyl (C=O) groups excluding carboxylic acids is 1. The predicted octanol–water partition coefficient (Wildman–Crippen LogP) is 7.21. The molecule has 0 atom stereocenters. The summed E-state index contributed by atoms with van der Waals surface area (Å²) in [5.41, 5.74) is 2.53. The lowest BCUT2D eigenvalue weighted by Gasteiger charge is -2.11. The van der Waals surface area contributed by atoms with Crippen molar-refractivity contribution in [2.45, 2.75) is 13.3 Å². The van der Waals surface area contributed by atoms with Crippen molar-refractivity contribution in [3.63, 3.8) is 0 Å². The van der Waals surface area contributed by atoms with E-state index in [1.165, 1.54) is 6.20 Å². The molecule has 2 heterocycles. The van der Waals surface area contributed by atoms with Crippen molar-refractivity contribution >= 4 is 44.1 Å². The maximum Gasteiger partial charge on any atom is 0.232 e. The lowest BCUT2D eigenvalue weighted by atomic mass is 9.98. The van der Waals surface area contributed by atoms with E-state index in [0.717, 1.165) is 28.8 Å². The van der Waals surface area contributed by atoms with Crippen LogP contribution in [0, 0.1) is 11.6 Å². The van der Waals surface area contributed by atoms with Crippen LogP contribution >= 0.6 is 11.6 Å². The van der Waals surface area contributed by atoms with Crippen molar-refractivity contribution in [3.8, 4) is 22.3 Å². The highest BCUT2D eigenvalue weighted by Crippen LogP contribution is 2.31. The Kier molecular flexibility index (Phi) is 7.20. The number of pyridine rings is 1. The zero-order valence-electron chi connectivity index (χ0n) is 20.6. The van der Waals surface area contributed by atoms with E-state index in [2.05, 4.69) is 14.7 Å². The van der Waals surface area contributed by atoms with Crippen molar-refractivity contribution in [1.29, 1.82) is 0 Å². The number of fused-ring (bicyclic) bond motifs is 1. The molecule has 5 rings (SSSR count). The van der Waals surface area contributed by atoms with Gasteiger partial charge in [-0.3, -0.25) is 9.52 Å². The first-order valence-corrected chi connectivity index (χ1v) is 14.1. The van der Waals surface area contributed by atoms with Gasteiger partial charge < -0.3 is 4.98 Å². The molecule has 0 aliphatic rings. The Bertz CT molecular complexity index is 1800. The Morgan fingerprint density at radius 1 is 0.949 bits per heavy atom. The van der Waals surface area contributed by atoms with E-state index < -0.39 is 38.7 Å². The van der Waals surface area contributed by atoms with Gasteiger partial charge in [-0.25, -0.2) is 22.2 Å². The van der Waals surface area contributed by atoms with Gasteiger partial charge in [-0.2, -0.15) is 0 Å². The minimum absolute atomic E-state index is 0.00324. The van der Waals surface area contributed by atoms with Crippen LogP contribution in [0.5, 0.6) is 0 Å². The summed E-state index contributed by atoms with van der Waals surface area (Å²) in [5.74, 6) is -3.57. The number of carbonyl (C=O) groups is 1. The number of sulfonamides is 1. The summed E-state index contributed by atoms with van der Waals surface area (Å²) < 4.78 is 56.4. The summed E-state index contributed by atoms with van der Waals surface area (Å²) in [6.45, 7) is 1.66. The van der Waals surface area contributed by atoms with Gasteiger partial charge in [0, 0.05) is 33.9 Å². The third kappa shape index (κ3) is 5.41. The van der Waals surface area contributed by atoms with Crippen LogP contribution in [0.15, 0.2) is 79.1 Å². The molecule has 0 saturated carbocycles. The zero-order valence-corrected chi connectivity index (χ0v) is 22.2. The van der Waals surface area contributed by atoms with Gasteiger partial charge in [-0.05, 0) is 53.4 Å². The molecule has 2 N–H and O–H groups in total. The molecule has 5 aromatic rings. The van der Waals surface area contributed by atoms with Crippen LogP contribution in [0.25, 0.3) is 33.3 Å². The summed E-state index contributed by atoms with van der Waals surface area (Å²) in [6.07, 6.45) is 3.27. The second-order valence-corrected chi connectivity index (χ2v) is 11.2. The van der Waals surface area contributed by atoms with E-state index in [9.17, 15) is 17.6 Å². The van der Waals surface area contributed by atoms with Gasteiger partial charge in [0.2, 0.25) is 15.8 Å². The fraction of sp³-hybridized carbons (Fsp3) is 0.103. The van der Waals surface area contributed by atoms with E-state index in [1.54, 1.807) is 19.2 Å². The van der Waals surface area contributed by atoms with Crippen molar-refractivity contribution in [1.82, 2.24) is 9.97 Å². The van der Waals surface area contributed by atoms with Crippen LogP contribution in [0.3, 0.4) is 0 Å². The normalized spacial score (nSPS) is 11.6. The van der Waals surface area contributed by atoms with Gasteiger partial charge >= 0.3 is 0 Å². The molecule has 0 saturated heterocycles. The molecular weight excluding hydrogens is 544 g/mol. The monoisotopic (exact) mass is 565 g/mol. The highest BCUT2D eigenvalue weighted by Gasteiger charge is 2.26. The topological polar surface area (TPSA) is 91.9 Å². The van der Waals surface area contributed by atoms with Crippen LogP contribution in [-0.2, 0) is 10.0 Å². The molecule has 0 aliphatic carbocycles. The van der Waals surface area contributed by atoms with Crippen molar-refractivity contribution in [3.05, 3.63) is 107 Å². The smallest absolute Gasteiger partial charge is 0.232 e. The molecule has 0 radical (unpaired) electrons. The zero-order chi connectivity index (χ0) is 27.7. The molecule has 0 amide bonds. The number of H-pyrrole nitrogens is 1. The summed E-state index contributed by atoms with van der Waals surface area (Å²) in [4.78, 5) is 20.6. The fourth-order valence-corrected chi connectivity index (χ4v) is 5.57. The fourth-order valence-electron chi connectivity index (χ4n) is 4.31. The van der Waals surface area contributed by atoms with Crippen molar-refractivity contribution in [2.75, 3.05) is 10.5 Å². The second kappa shape index (κ2) is 10.6. The van der Waals surface area contributed by atoms with Gasteiger partial charge in [0.1, 0.15) is 11.5 Å². The number of ketones is 1. The summed E-state index contributed by atoms with van der Waals surface area (Å²) in [7, 11) is -3.86. The van der Waals surface area contributed by atoms with E-state index in [-0.39, 0.29) is 11.3 Å². The SMILES string of the molecule is CCCS(=O)(=O)Nc1ccc(F)c(C(=O)c2c[nH]c3ncc(-c4ccc(-c5ccc(Cl)cc5)cc4)cc23)c1F. The first kappa shape index (κ1) is 26.5. The highest BCUT2D eigenvalue weighted by atomic mass is 35.5. The largest absolute Gasteiger partial charge is 0.345 e. The molecule has 0 spiro atoms. The maximum absolute atomic E-state index is 15.3. The molecule has 198 valence electrons. The Morgan fingerprint density at radius 3 is 2.21 bits per heavy atom. The molecule has 2 aromatic heterocycles. The van der Waals surface area contributed by atoms with Gasteiger partial charge in [0.25, 0.3) is 0 Å². The molecule has 0 bridgehead atoms. The van der Waals surface area contributed by atoms with E-state index in [4.69, 9.17) is 11.6 Å². The Hall–Kier alpha value is -4.08. The Morgan fingerprint density at radius 2 is 1.56 bits per heavy atom. The van der Waals surface area contributed by atoms with Crippen LogP contribution in [0.1, 0.15) is 29.3 Å². The predicted molar refractivity (Wildman–Crippen MR) is 149 cm³/mol. The third-order valence-corrected chi connectivity index (χ3v) is 7.96. The summed E-state index contributed by atoms with van der Waals surface area (Å²) >= 11 is 5.98. The molecule has 10 heteroatoms. The van der Waals surface area contributed by atoms with Crippen molar-refractivity contribution in [2.24, 2.45) is 0 Å². The van der Waals surface area contributed by atoms with Crippen LogP contribution in [0.2, 0.25) is 5.02 Å². The van der Waals surface area contributed by atoms with Crippen molar-refractivity contribution < 1.29 is 22.0 Å². The number of aromatic nitrogens is 2. The Labute approximate surface area is 228 Å². The minimum atomic E-state index is -3.86. The average molecular weight is 566 g/mol. The molecule has 0 unspecified atom stereocenters. The number of nitrogens with zero attached hydrogens (tertiary/aromatic N) is 1. The molecule has 3 aromatic carbocycles. The maximum atomic E-state index is 15.3. The first-order chi connectivity index (χ1) is 18.7. The molecular formula is C29H22ClF2N3O3S. The lowest BCUT2D eigenvalue weighted by Crippen LogP contribution is -2.18. The quantitative estimate of drug-likeness (QED) is 0.194. The van der Waals surface area contributed by atoms with Gasteiger partial charge in [0.05, 0.1) is 17.0 Å². The number of benzene rings is 3. The number of halogens is 3. The molecule has 6 nitrogen and oxygen atoms in total. The number of rotatable bonds is 8. The minimum Gasteiger partial charge on any atom is -0.345 e. The second-order valence-electron chi connectivity index (χ2n) is 8.94. The number of aromatic amines is 1.